The van der Waals surface area contributed by atoms with E-state index >= 15 is 0 Å². The van der Waals surface area contributed by atoms with Crippen molar-refractivity contribution >= 4 is 38.3 Å². The number of carbonyl (C=O) groups excluding carboxylic acids is 2. The average molecular weight is 543 g/mol. The summed E-state index contributed by atoms with van der Waals surface area (Å²) in [5.74, 6) is -0.653. The molecule has 0 spiro atoms. The van der Waals surface area contributed by atoms with Gasteiger partial charge in [0.25, 0.3) is 11.8 Å². The zero-order valence-electron chi connectivity index (χ0n) is 21.1. The van der Waals surface area contributed by atoms with E-state index in [0.29, 0.717) is 41.2 Å². The SMILES string of the molecule is CNC(=O)c1ccc(-c2nc3sc4cc(C(=O)NCCCN5CCC(F)CC5)c(OC)cc4n3n2)c(F)c1. The number of carbonyl (C=O) groups is 2. The fourth-order valence-electron chi connectivity index (χ4n) is 4.58. The van der Waals surface area contributed by atoms with Gasteiger partial charge in [-0.1, -0.05) is 11.3 Å². The van der Waals surface area contributed by atoms with Crippen LogP contribution in [0.25, 0.3) is 26.6 Å². The van der Waals surface area contributed by atoms with Crippen molar-refractivity contribution in [1.82, 2.24) is 30.1 Å². The van der Waals surface area contributed by atoms with Gasteiger partial charge in [-0.05, 0) is 50.1 Å². The normalized spacial score (nSPS) is 14.7. The minimum absolute atomic E-state index is 0.179. The van der Waals surface area contributed by atoms with Gasteiger partial charge < -0.3 is 20.3 Å². The molecule has 1 fully saturated rings. The van der Waals surface area contributed by atoms with Crippen molar-refractivity contribution in [2.24, 2.45) is 0 Å². The van der Waals surface area contributed by atoms with Gasteiger partial charge >= 0.3 is 0 Å². The van der Waals surface area contributed by atoms with E-state index in [9.17, 15) is 18.4 Å². The number of alkyl halides is 1. The van der Waals surface area contributed by atoms with Crippen molar-refractivity contribution in [1.29, 1.82) is 0 Å². The van der Waals surface area contributed by atoms with Crippen molar-refractivity contribution < 1.29 is 23.1 Å². The third-order valence-corrected chi connectivity index (χ3v) is 7.68. The van der Waals surface area contributed by atoms with Crippen LogP contribution in [0.2, 0.25) is 0 Å². The molecule has 0 unspecified atom stereocenters. The molecule has 200 valence electrons. The first kappa shape index (κ1) is 26.0. The highest BCUT2D eigenvalue weighted by Crippen LogP contribution is 2.33. The zero-order valence-corrected chi connectivity index (χ0v) is 21.9. The number of ether oxygens (including phenoxy) is 1. The maximum absolute atomic E-state index is 14.7. The van der Waals surface area contributed by atoms with Gasteiger partial charge in [-0.2, -0.15) is 4.98 Å². The number of nitrogens with one attached hydrogen (secondary N) is 2. The molecule has 0 saturated carbocycles. The molecule has 4 aromatic rings. The lowest BCUT2D eigenvalue weighted by Gasteiger charge is -2.28. The molecule has 0 atom stereocenters. The van der Waals surface area contributed by atoms with Gasteiger partial charge in [-0.3, -0.25) is 9.59 Å². The molecule has 2 N–H and O–H groups in total. The van der Waals surface area contributed by atoms with Gasteiger partial charge in [0.05, 0.1) is 28.5 Å². The minimum Gasteiger partial charge on any atom is -0.496 e. The van der Waals surface area contributed by atoms with Crippen LogP contribution in [0.1, 0.15) is 40.0 Å². The van der Waals surface area contributed by atoms with Crippen LogP contribution in [0.15, 0.2) is 30.3 Å². The highest BCUT2D eigenvalue weighted by molar-refractivity contribution is 7.23. The molecule has 2 aromatic carbocycles. The number of hydrogen-bond acceptors (Lipinski definition) is 7. The van der Waals surface area contributed by atoms with E-state index < -0.39 is 12.0 Å². The summed E-state index contributed by atoms with van der Waals surface area (Å²) in [6.45, 7) is 2.82. The summed E-state index contributed by atoms with van der Waals surface area (Å²) in [5.41, 5.74) is 1.46. The Balaban J connectivity index is 1.32. The third-order valence-electron chi connectivity index (χ3n) is 6.69. The zero-order chi connectivity index (χ0) is 26.8. The van der Waals surface area contributed by atoms with E-state index in [1.54, 1.807) is 16.6 Å². The summed E-state index contributed by atoms with van der Waals surface area (Å²) in [6, 6.07) is 7.62. The van der Waals surface area contributed by atoms with Gasteiger partial charge in [-0.15, -0.1) is 5.10 Å². The number of likely N-dealkylation sites (tertiary alicyclic amines) is 1. The van der Waals surface area contributed by atoms with Crippen LogP contribution in [0, 0.1) is 5.82 Å². The third kappa shape index (κ3) is 5.18. The van der Waals surface area contributed by atoms with Gasteiger partial charge in [0.2, 0.25) is 4.96 Å². The second kappa shape index (κ2) is 11.0. The molecule has 9 nitrogen and oxygen atoms in total. The average Bonchev–Trinajstić information content (AvgIpc) is 3.48. The smallest absolute Gasteiger partial charge is 0.255 e. The number of rotatable bonds is 8. The highest BCUT2D eigenvalue weighted by atomic mass is 32.1. The molecule has 0 radical (unpaired) electrons. The number of methoxy groups -OCH3 is 1. The molecule has 0 bridgehead atoms. The first-order valence-corrected chi connectivity index (χ1v) is 13.2. The molecule has 12 heteroatoms. The number of fused-ring (bicyclic) bond motifs is 3. The van der Waals surface area contributed by atoms with Gasteiger partial charge in [0.1, 0.15) is 17.7 Å². The Morgan fingerprint density at radius 1 is 1.18 bits per heavy atom. The second-order valence-electron chi connectivity index (χ2n) is 9.15. The van der Waals surface area contributed by atoms with E-state index in [2.05, 4.69) is 25.6 Å². The lowest BCUT2D eigenvalue weighted by atomic mass is 10.1. The lowest BCUT2D eigenvalue weighted by molar-refractivity contribution is 0.0943. The van der Waals surface area contributed by atoms with Crippen molar-refractivity contribution in [3.63, 3.8) is 0 Å². The highest BCUT2D eigenvalue weighted by Gasteiger charge is 2.21. The number of piperidine rings is 1. The van der Waals surface area contributed by atoms with Crippen LogP contribution in [-0.4, -0.2) is 77.8 Å². The van der Waals surface area contributed by atoms with Gasteiger partial charge in [0.15, 0.2) is 5.82 Å². The van der Waals surface area contributed by atoms with Gasteiger partial charge in [-0.25, -0.2) is 13.3 Å². The minimum atomic E-state index is -0.696. The maximum atomic E-state index is 14.7. The Morgan fingerprint density at radius 3 is 2.68 bits per heavy atom. The monoisotopic (exact) mass is 542 g/mol. The molecule has 2 aromatic heterocycles. The van der Waals surface area contributed by atoms with Crippen molar-refractivity contribution in [3.05, 3.63) is 47.3 Å². The molecule has 1 saturated heterocycles. The summed E-state index contributed by atoms with van der Waals surface area (Å²) in [4.78, 5) is 31.9. The fraction of sp³-hybridized carbons (Fsp3) is 0.385. The van der Waals surface area contributed by atoms with Crippen LogP contribution in [0.5, 0.6) is 5.75 Å². The molecule has 5 rings (SSSR count). The molecule has 3 heterocycles. The molecule has 38 heavy (non-hydrogen) atoms. The summed E-state index contributed by atoms with van der Waals surface area (Å²) in [7, 11) is 2.97. The second-order valence-corrected chi connectivity index (χ2v) is 10.2. The summed E-state index contributed by atoms with van der Waals surface area (Å²) in [6.07, 6.45) is 1.22. The number of halogens is 2. The summed E-state index contributed by atoms with van der Waals surface area (Å²) < 4.78 is 35.9. The molecular weight excluding hydrogens is 514 g/mol. The maximum Gasteiger partial charge on any atom is 0.255 e. The van der Waals surface area contributed by atoms with E-state index in [-0.39, 0.29) is 28.8 Å². The first-order chi connectivity index (χ1) is 18.4. The Kier molecular flexibility index (Phi) is 7.52. The fourth-order valence-corrected chi connectivity index (χ4v) is 5.56. The van der Waals surface area contributed by atoms with Crippen molar-refractivity contribution in [2.75, 3.05) is 40.3 Å². The quantitative estimate of drug-likeness (QED) is 0.330. The van der Waals surface area contributed by atoms with Crippen LogP contribution in [0.4, 0.5) is 8.78 Å². The predicted octanol–water partition coefficient (Wildman–Crippen LogP) is 3.67. The standard InChI is InChI=1S/C26H28F2N6O3S/c1-29-24(35)15-4-5-17(19(28)12-15)23-31-26-34(32-23)20-14-21(37-2)18(13-22(20)38-26)25(36)30-8-3-9-33-10-6-16(27)7-11-33/h4-5,12-14,16H,3,6-11H2,1-2H3,(H,29,35)(H,30,36). The molecule has 1 aliphatic rings. The van der Waals surface area contributed by atoms with Gasteiger partial charge in [0, 0.05) is 38.3 Å². The summed E-state index contributed by atoms with van der Waals surface area (Å²) >= 11 is 1.32. The number of aromatic nitrogens is 3. The van der Waals surface area contributed by atoms with E-state index in [4.69, 9.17) is 4.74 Å². The van der Waals surface area contributed by atoms with Crippen molar-refractivity contribution in [3.8, 4) is 17.1 Å². The van der Waals surface area contributed by atoms with Crippen LogP contribution >= 0.6 is 11.3 Å². The van der Waals surface area contributed by atoms with Crippen LogP contribution < -0.4 is 15.4 Å². The number of benzene rings is 2. The Morgan fingerprint density at radius 2 is 1.97 bits per heavy atom. The molecule has 1 aliphatic heterocycles. The molecular formula is C26H28F2N6O3S. The predicted molar refractivity (Wildman–Crippen MR) is 141 cm³/mol. The largest absolute Gasteiger partial charge is 0.496 e. The van der Waals surface area contributed by atoms with Crippen molar-refractivity contribution in [2.45, 2.75) is 25.4 Å². The molecule has 0 aliphatic carbocycles. The summed E-state index contributed by atoms with van der Waals surface area (Å²) in [5, 5.41) is 9.89. The van der Waals surface area contributed by atoms with Crippen LogP contribution in [0.3, 0.4) is 0 Å². The Bertz CT molecular complexity index is 1500. The van der Waals surface area contributed by atoms with E-state index in [1.807, 2.05) is 0 Å². The number of amides is 2. The first-order valence-electron chi connectivity index (χ1n) is 12.4. The topological polar surface area (TPSA) is 101 Å². The lowest BCUT2D eigenvalue weighted by Crippen LogP contribution is -2.36. The number of hydrogen-bond donors (Lipinski definition) is 2. The molecule has 2 amide bonds. The van der Waals surface area contributed by atoms with E-state index in [0.717, 1.165) is 36.8 Å². The Labute approximate surface area is 221 Å². The van der Waals surface area contributed by atoms with E-state index in [1.165, 1.54) is 37.6 Å². The number of nitrogens with zero attached hydrogens (tertiary/aromatic N) is 4. The van der Waals surface area contributed by atoms with Crippen LogP contribution in [-0.2, 0) is 0 Å². The Hall–Kier alpha value is -3.64. The number of thiazole rings is 1.